The van der Waals surface area contributed by atoms with E-state index in [2.05, 4.69) is 5.32 Å². The number of hydrogen-bond donors (Lipinski definition) is 1. The molecule has 2 rings (SSSR count). The molecule has 0 unspecified atom stereocenters. The minimum Gasteiger partial charge on any atom is -0.345 e. The number of hydrogen-bond acceptors (Lipinski definition) is 2. The highest BCUT2D eigenvalue weighted by atomic mass is 16.2. The molecule has 1 N–H and O–H groups in total. The minimum absolute atomic E-state index is 0.388. The standard InChI is InChI=1S/C16H21NO2/c1-16(2,3)17-15(19)14(18)13-9-8-11-6-4-5-7-12(11)10-13/h8-10H,4-7H2,1-3H3,(H,17,19). The lowest BCUT2D eigenvalue weighted by Gasteiger charge is -2.20. The quantitative estimate of drug-likeness (QED) is 0.655. The van der Waals surface area contributed by atoms with E-state index in [9.17, 15) is 9.59 Å². The Balaban J connectivity index is 2.18. The topological polar surface area (TPSA) is 46.2 Å². The molecule has 1 aliphatic carbocycles. The van der Waals surface area contributed by atoms with Gasteiger partial charge in [-0.2, -0.15) is 0 Å². The maximum Gasteiger partial charge on any atom is 0.292 e. The summed E-state index contributed by atoms with van der Waals surface area (Å²) >= 11 is 0. The molecular formula is C16H21NO2. The summed E-state index contributed by atoms with van der Waals surface area (Å²) in [7, 11) is 0. The molecule has 0 saturated heterocycles. The van der Waals surface area contributed by atoms with Gasteiger partial charge in [-0.15, -0.1) is 0 Å². The van der Waals surface area contributed by atoms with Gasteiger partial charge in [-0.25, -0.2) is 0 Å². The second-order valence-electron chi connectivity index (χ2n) is 6.22. The fourth-order valence-electron chi connectivity index (χ4n) is 2.40. The van der Waals surface area contributed by atoms with Crippen LogP contribution in [0.5, 0.6) is 0 Å². The van der Waals surface area contributed by atoms with Crippen molar-refractivity contribution in [3.8, 4) is 0 Å². The predicted molar refractivity (Wildman–Crippen MR) is 75.3 cm³/mol. The van der Waals surface area contributed by atoms with Crippen molar-refractivity contribution in [1.82, 2.24) is 5.32 Å². The zero-order valence-electron chi connectivity index (χ0n) is 11.9. The van der Waals surface area contributed by atoms with Gasteiger partial charge in [0, 0.05) is 11.1 Å². The SMILES string of the molecule is CC(C)(C)NC(=O)C(=O)c1ccc2c(c1)CCCC2. The summed E-state index contributed by atoms with van der Waals surface area (Å²) in [4.78, 5) is 24.0. The molecule has 1 aromatic carbocycles. The third kappa shape index (κ3) is 3.43. The van der Waals surface area contributed by atoms with Crippen molar-refractivity contribution in [1.29, 1.82) is 0 Å². The van der Waals surface area contributed by atoms with Crippen LogP contribution in [-0.4, -0.2) is 17.2 Å². The summed E-state index contributed by atoms with van der Waals surface area (Å²) in [5, 5.41) is 2.71. The largest absolute Gasteiger partial charge is 0.345 e. The Morgan fingerprint density at radius 1 is 1.05 bits per heavy atom. The summed E-state index contributed by atoms with van der Waals surface area (Å²) in [6, 6.07) is 5.65. The van der Waals surface area contributed by atoms with E-state index in [1.807, 2.05) is 32.9 Å². The van der Waals surface area contributed by atoms with Crippen molar-refractivity contribution in [3.05, 3.63) is 34.9 Å². The number of aryl methyl sites for hydroxylation is 2. The van der Waals surface area contributed by atoms with E-state index in [0.29, 0.717) is 5.56 Å². The molecule has 0 radical (unpaired) electrons. The Bertz CT molecular complexity index is 512. The van der Waals surface area contributed by atoms with Gasteiger partial charge in [-0.3, -0.25) is 9.59 Å². The van der Waals surface area contributed by atoms with Crippen LogP contribution in [0.1, 0.15) is 55.1 Å². The summed E-state index contributed by atoms with van der Waals surface area (Å²) in [5.74, 6) is -0.966. The number of carbonyl (C=O) groups is 2. The number of rotatable bonds is 2. The van der Waals surface area contributed by atoms with Gasteiger partial charge in [-0.1, -0.05) is 12.1 Å². The number of nitrogens with one attached hydrogen (secondary N) is 1. The van der Waals surface area contributed by atoms with E-state index >= 15 is 0 Å². The maximum atomic E-state index is 12.1. The molecular weight excluding hydrogens is 238 g/mol. The molecule has 1 aliphatic rings. The van der Waals surface area contributed by atoms with E-state index < -0.39 is 11.7 Å². The third-order valence-electron chi connectivity index (χ3n) is 3.31. The van der Waals surface area contributed by atoms with E-state index in [-0.39, 0.29) is 5.54 Å². The van der Waals surface area contributed by atoms with E-state index in [4.69, 9.17) is 0 Å². The van der Waals surface area contributed by atoms with Crippen LogP contribution in [0.2, 0.25) is 0 Å². The van der Waals surface area contributed by atoms with Gasteiger partial charge in [0.05, 0.1) is 0 Å². The lowest BCUT2D eigenvalue weighted by molar-refractivity contribution is -0.118. The first kappa shape index (κ1) is 13.8. The lowest BCUT2D eigenvalue weighted by Crippen LogP contribution is -2.44. The van der Waals surface area contributed by atoms with Gasteiger partial charge in [-0.05, 0) is 63.6 Å². The normalized spacial score (nSPS) is 14.7. The van der Waals surface area contributed by atoms with Crippen molar-refractivity contribution in [2.24, 2.45) is 0 Å². The molecule has 19 heavy (non-hydrogen) atoms. The third-order valence-corrected chi connectivity index (χ3v) is 3.31. The summed E-state index contributed by atoms with van der Waals surface area (Å²) in [6.07, 6.45) is 4.47. The van der Waals surface area contributed by atoms with Crippen molar-refractivity contribution in [3.63, 3.8) is 0 Å². The van der Waals surface area contributed by atoms with Crippen LogP contribution in [-0.2, 0) is 17.6 Å². The average Bonchev–Trinajstić information content (AvgIpc) is 2.35. The molecule has 0 bridgehead atoms. The van der Waals surface area contributed by atoms with Crippen LogP contribution in [0, 0.1) is 0 Å². The van der Waals surface area contributed by atoms with E-state index in [0.717, 1.165) is 12.8 Å². The molecule has 3 heteroatoms. The Kier molecular flexibility index (Phi) is 3.74. The van der Waals surface area contributed by atoms with E-state index in [1.165, 1.54) is 24.0 Å². The zero-order chi connectivity index (χ0) is 14.0. The highest BCUT2D eigenvalue weighted by molar-refractivity contribution is 6.42. The molecule has 1 amide bonds. The fourth-order valence-corrected chi connectivity index (χ4v) is 2.40. The van der Waals surface area contributed by atoms with Crippen LogP contribution in [0.3, 0.4) is 0 Å². The van der Waals surface area contributed by atoms with Crippen molar-refractivity contribution in [2.45, 2.75) is 52.0 Å². The van der Waals surface area contributed by atoms with Crippen LogP contribution >= 0.6 is 0 Å². The second kappa shape index (κ2) is 5.16. The molecule has 0 atom stereocenters. The fraction of sp³-hybridized carbons (Fsp3) is 0.500. The maximum absolute atomic E-state index is 12.1. The smallest absolute Gasteiger partial charge is 0.292 e. The number of Topliss-reactive ketones (excluding diaryl/α,β-unsaturated/α-hetero) is 1. The molecule has 0 fully saturated rings. The molecule has 1 aromatic rings. The Labute approximate surface area is 114 Å². The number of carbonyl (C=O) groups excluding carboxylic acids is 2. The summed E-state index contributed by atoms with van der Waals surface area (Å²) < 4.78 is 0. The van der Waals surface area contributed by atoms with Crippen LogP contribution in [0.25, 0.3) is 0 Å². The Morgan fingerprint density at radius 3 is 2.32 bits per heavy atom. The van der Waals surface area contributed by atoms with Gasteiger partial charge in [0.1, 0.15) is 0 Å². The molecule has 3 nitrogen and oxygen atoms in total. The lowest BCUT2D eigenvalue weighted by atomic mass is 9.89. The number of ketones is 1. The molecule has 102 valence electrons. The number of benzene rings is 1. The van der Waals surface area contributed by atoms with Crippen LogP contribution < -0.4 is 5.32 Å². The number of fused-ring (bicyclic) bond motifs is 1. The molecule has 0 spiro atoms. The first-order chi connectivity index (χ1) is 8.87. The highest BCUT2D eigenvalue weighted by Gasteiger charge is 2.22. The van der Waals surface area contributed by atoms with Crippen molar-refractivity contribution >= 4 is 11.7 Å². The second-order valence-corrected chi connectivity index (χ2v) is 6.22. The van der Waals surface area contributed by atoms with E-state index in [1.54, 1.807) is 6.07 Å². The van der Waals surface area contributed by atoms with Gasteiger partial charge < -0.3 is 5.32 Å². The molecule has 0 heterocycles. The molecule has 0 aromatic heterocycles. The van der Waals surface area contributed by atoms with Crippen LogP contribution in [0.4, 0.5) is 0 Å². The van der Waals surface area contributed by atoms with Crippen molar-refractivity contribution < 1.29 is 9.59 Å². The first-order valence-electron chi connectivity index (χ1n) is 6.85. The van der Waals surface area contributed by atoms with Gasteiger partial charge in [0.15, 0.2) is 0 Å². The minimum atomic E-state index is -0.525. The highest BCUT2D eigenvalue weighted by Crippen LogP contribution is 2.22. The van der Waals surface area contributed by atoms with Gasteiger partial charge in [0.25, 0.3) is 5.91 Å². The average molecular weight is 259 g/mol. The monoisotopic (exact) mass is 259 g/mol. The summed E-state index contributed by atoms with van der Waals surface area (Å²) in [6.45, 7) is 5.60. The van der Waals surface area contributed by atoms with Gasteiger partial charge in [0.2, 0.25) is 5.78 Å². The molecule has 0 saturated carbocycles. The molecule has 0 aliphatic heterocycles. The predicted octanol–water partition coefficient (Wildman–Crippen LogP) is 2.66. The van der Waals surface area contributed by atoms with Crippen molar-refractivity contribution in [2.75, 3.05) is 0 Å². The summed E-state index contributed by atoms with van der Waals surface area (Å²) in [5.41, 5.74) is 2.66. The van der Waals surface area contributed by atoms with Gasteiger partial charge >= 0.3 is 0 Å². The first-order valence-corrected chi connectivity index (χ1v) is 6.85. The zero-order valence-corrected chi connectivity index (χ0v) is 11.9. The number of amides is 1. The Morgan fingerprint density at radius 2 is 1.68 bits per heavy atom. The Hall–Kier alpha value is -1.64. The van der Waals surface area contributed by atoms with Crippen LogP contribution in [0.15, 0.2) is 18.2 Å².